The number of furan rings is 1. The van der Waals surface area contributed by atoms with Crippen molar-refractivity contribution in [3.05, 3.63) is 94.1 Å². The van der Waals surface area contributed by atoms with Crippen molar-refractivity contribution in [2.24, 2.45) is 0 Å². The standard InChI is InChI=1S/C21H15FN2O4/c1-13-5-7-15(27-13)12-24(20-4-2-3-9-23-20)21(26)19-11-17(25)16-10-14(22)6-8-18(16)28-19/h2-11H,12H2,1H3. The van der Waals surface area contributed by atoms with Crippen LogP contribution in [0.5, 0.6) is 0 Å². The molecule has 140 valence electrons. The monoisotopic (exact) mass is 378 g/mol. The van der Waals surface area contributed by atoms with Gasteiger partial charge in [-0.1, -0.05) is 6.07 Å². The zero-order valence-corrected chi connectivity index (χ0v) is 14.9. The van der Waals surface area contributed by atoms with Gasteiger partial charge in [0.1, 0.15) is 28.7 Å². The molecule has 0 atom stereocenters. The van der Waals surface area contributed by atoms with Gasteiger partial charge < -0.3 is 8.83 Å². The van der Waals surface area contributed by atoms with E-state index in [0.717, 1.165) is 12.1 Å². The van der Waals surface area contributed by atoms with E-state index in [-0.39, 0.29) is 23.3 Å². The van der Waals surface area contributed by atoms with Crippen molar-refractivity contribution in [2.75, 3.05) is 4.90 Å². The number of aryl methyl sites for hydroxylation is 1. The molecule has 3 aromatic heterocycles. The van der Waals surface area contributed by atoms with Crippen molar-refractivity contribution in [1.29, 1.82) is 0 Å². The molecule has 1 aromatic carbocycles. The lowest BCUT2D eigenvalue weighted by atomic mass is 10.2. The van der Waals surface area contributed by atoms with Crippen LogP contribution < -0.4 is 10.3 Å². The maximum atomic E-state index is 13.4. The molecule has 1 amide bonds. The average molecular weight is 378 g/mol. The molecule has 0 saturated heterocycles. The van der Waals surface area contributed by atoms with Gasteiger partial charge in [0.25, 0.3) is 5.91 Å². The van der Waals surface area contributed by atoms with Crippen molar-refractivity contribution in [3.63, 3.8) is 0 Å². The molecule has 0 aliphatic carbocycles. The van der Waals surface area contributed by atoms with Gasteiger partial charge in [0.2, 0.25) is 0 Å². The van der Waals surface area contributed by atoms with Gasteiger partial charge in [-0.25, -0.2) is 9.37 Å². The molecule has 4 rings (SSSR count). The van der Waals surface area contributed by atoms with Crippen LogP contribution in [-0.4, -0.2) is 10.9 Å². The summed E-state index contributed by atoms with van der Waals surface area (Å²) in [5.74, 6) is 0.365. The molecule has 0 fully saturated rings. The maximum Gasteiger partial charge on any atom is 0.295 e. The Balaban J connectivity index is 1.77. The Labute approximate surface area is 158 Å². The van der Waals surface area contributed by atoms with Crippen LogP contribution in [0.1, 0.15) is 22.1 Å². The second-order valence-corrected chi connectivity index (χ2v) is 6.21. The summed E-state index contributed by atoms with van der Waals surface area (Å²) in [6, 6.07) is 13.3. The van der Waals surface area contributed by atoms with Crippen LogP contribution in [0.4, 0.5) is 10.2 Å². The molecule has 4 aromatic rings. The van der Waals surface area contributed by atoms with Gasteiger partial charge >= 0.3 is 0 Å². The number of anilines is 1. The van der Waals surface area contributed by atoms with E-state index in [1.54, 1.807) is 43.5 Å². The molecule has 0 radical (unpaired) electrons. The zero-order valence-electron chi connectivity index (χ0n) is 14.9. The number of hydrogen-bond acceptors (Lipinski definition) is 5. The number of pyridine rings is 1. The molecule has 0 aliphatic heterocycles. The smallest absolute Gasteiger partial charge is 0.295 e. The molecule has 28 heavy (non-hydrogen) atoms. The highest BCUT2D eigenvalue weighted by atomic mass is 19.1. The third kappa shape index (κ3) is 3.42. The predicted octanol–water partition coefficient (Wildman–Crippen LogP) is 4.08. The topological polar surface area (TPSA) is 76.6 Å². The van der Waals surface area contributed by atoms with E-state index < -0.39 is 17.2 Å². The number of carbonyl (C=O) groups excluding carboxylic acids is 1. The number of amides is 1. The third-order valence-corrected chi connectivity index (χ3v) is 4.18. The van der Waals surface area contributed by atoms with Gasteiger partial charge in [0.15, 0.2) is 11.2 Å². The van der Waals surface area contributed by atoms with E-state index in [1.807, 2.05) is 0 Å². The van der Waals surface area contributed by atoms with Crippen molar-refractivity contribution < 1.29 is 18.0 Å². The van der Waals surface area contributed by atoms with Gasteiger partial charge in [-0.3, -0.25) is 14.5 Å². The van der Waals surface area contributed by atoms with Gasteiger partial charge in [0.05, 0.1) is 11.9 Å². The number of fused-ring (bicyclic) bond motifs is 1. The number of halogens is 1. The molecule has 0 spiro atoms. The number of hydrogen-bond donors (Lipinski definition) is 0. The predicted molar refractivity (Wildman–Crippen MR) is 101 cm³/mol. The molecule has 0 bridgehead atoms. The fourth-order valence-electron chi connectivity index (χ4n) is 2.86. The first-order valence-corrected chi connectivity index (χ1v) is 8.53. The van der Waals surface area contributed by atoms with Crippen molar-refractivity contribution in [3.8, 4) is 0 Å². The minimum absolute atomic E-state index is 0.0718. The van der Waals surface area contributed by atoms with Gasteiger partial charge in [-0.15, -0.1) is 0 Å². The van der Waals surface area contributed by atoms with Gasteiger partial charge in [0, 0.05) is 12.3 Å². The molecule has 0 unspecified atom stereocenters. The number of carbonyl (C=O) groups is 1. The van der Waals surface area contributed by atoms with Crippen LogP contribution in [0, 0.1) is 12.7 Å². The Morgan fingerprint density at radius 3 is 2.68 bits per heavy atom. The van der Waals surface area contributed by atoms with E-state index in [0.29, 0.717) is 17.3 Å². The Kier molecular flexibility index (Phi) is 4.49. The molecule has 0 N–H and O–H groups in total. The Hall–Kier alpha value is -3.74. The summed E-state index contributed by atoms with van der Waals surface area (Å²) in [6.45, 7) is 1.91. The van der Waals surface area contributed by atoms with Crippen molar-refractivity contribution >= 4 is 22.7 Å². The lowest BCUT2D eigenvalue weighted by Gasteiger charge is -2.20. The molecule has 6 nitrogen and oxygen atoms in total. The van der Waals surface area contributed by atoms with E-state index in [9.17, 15) is 14.0 Å². The minimum atomic E-state index is -0.559. The Bertz CT molecular complexity index is 1210. The highest BCUT2D eigenvalue weighted by molar-refractivity contribution is 6.04. The van der Waals surface area contributed by atoms with E-state index in [1.165, 1.54) is 17.0 Å². The summed E-state index contributed by atoms with van der Waals surface area (Å²) < 4.78 is 24.6. The molecule has 3 heterocycles. The van der Waals surface area contributed by atoms with Crippen LogP contribution >= 0.6 is 0 Å². The molecular weight excluding hydrogens is 363 g/mol. The second kappa shape index (κ2) is 7.11. The lowest BCUT2D eigenvalue weighted by Crippen LogP contribution is -2.31. The fourth-order valence-corrected chi connectivity index (χ4v) is 2.86. The lowest BCUT2D eigenvalue weighted by molar-refractivity contribution is 0.0956. The van der Waals surface area contributed by atoms with E-state index in [2.05, 4.69) is 4.98 Å². The largest absolute Gasteiger partial charge is 0.464 e. The number of aromatic nitrogens is 1. The number of nitrogens with zero attached hydrogens (tertiary/aromatic N) is 2. The molecule has 0 saturated carbocycles. The van der Waals surface area contributed by atoms with Crippen LogP contribution in [0.2, 0.25) is 0 Å². The van der Waals surface area contributed by atoms with Gasteiger partial charge in [-0.2, -0.15) is 0 Å². The van der Waals surface area contributed by atoms with Crippen molar-refractivity contribution in [1.82, 2.24) is 4.98 Å². The Morgan fingerprint density at radius 2 is 1.96 bits per heavy atom. The van der Waals surface area contributed by atoms with Crippen LogP contribution in [-0.2, 0) is 6.54 Å². The first-order valence-electron chi connectivity index (χ1n) is 8.53. The Morgan fingerprint density at radius 1 is 1.11 bits per heavy atom. The normalized spacial score (nSPS) is 10.9. The summed E-state index contributed by atoms with van der Waals surface area (Å²) in [4.78, 5) is 31.1. The summed E-state index contributed by atoms with van der Waals surface area (Å²) in [5, 5.41) is 0.0718. The quantitative estimate of drug-likeness (QED) is 0.535. The summed E-state index contributed by atoms with van der Waals surface area (Å²) in [7, 11) is 0. The second-order valence-electron chi connectivity index (χ2n) is 6.21. The van der Waals surface area contributed by atoms with Crippen LogP contribution in [0.25, 0.3) is 11.0 Å². The third-order valence-electron chi connectivity index (χ3n) is 4.18. The highest BCUT2D eigenvalue weighted by Crippen LogP contribution is 2.21. The number of benzene rings is 1. The first kappa shape index (κ1) is 17.7. The summed E-state index contributed by atoms with van der Waals surface area (Å²) in [5.41, 5.74) is -0.369. The van der Waals surface area contributed by atoms with E-state index in [4.69, 9.17) is 8.83 Å². The van der Waals surface area contributed by atoms with Gasteiger partial charge in [-0.05, 0) is 49.4 Å². The molecule has 0 aliphatic rings. The maximum absolute atomic E-state index is 13.4. The fraction of sp³-hybridized carbons (Fsp3) is 0.0952. The molecular formula is C21H15FN2O4. The summed E-state index contributed by atoms with van der Waals surface area (Å²) in [6.07, 6.45) is 1.56. The van der Waals surface area contributed by atoms with Crippen molar-refractivity contribution in [2.45, 2.75) is 13.5 Å². The first-order chi connectivity index (χ1) is 13.5. The average Bonchev–Trinajstić information content (AvgIpc) is 3.11. The molecule has 7 heteroatoms. The summed E-state index contributed by atoms with van der Waals surface area (Å²) >= 11 is 0. The van der Waals surface area contributed by atoms with Crippen LogP contribution in [0.15, 0.2) is 74.4 Å². The zero-order chi connectivity index (χ0) is 19.7. The van der Waals surface area contributed by atoms with Crippen LogP contribution in [0.3, 0.4) is 0 Å². The SMILES string of the molecule is Cc1ccc(CN(C(=O)c2cc(=O)c3cc(F)ccc3o2)c2ccccn2)o1. The highest BCUT2D eigenvalue weighted by Gasteiger charge is 2.23. The van der Waals surface area contributed by atoms with E-state index >= 15 is 0 Å². The minimum Gasteiger partial charge on any atom is -0.464 e. The number of rotatable bonds is 4.